The van der Waals surface area contributed by atoms with Gasteiger partial charge < -0.3 is 21.1 Å². The van der Waals surface area contributed by atoms with E-state index in [1.807, 2.05) is 37.3 Å². The fourth-order valence-electron chi connectivity index (χ4n) is 3.87. The van der Waals surface area contributed by atoms with Crippen LogP contribution in [0.5, 0.6) is 0 Å². The van der Waals surface area contributed by atoms with Gasteiger partial charge in [0, 0.05) is 19.8 Å². The Kier molecular flexibility index (Phi) is 5.86. The van der Waals surface area contributed by atoms with Gasteiger partial charge in [-0.2, -0.15) is 5.26 Å². The molecule has 144 valence electrons. The molecule has 2 aliphatic rings. The van der Waals surface area contributed by atoms with Crippen LogP contribution in [0, 0.1) is 16.7 Å². The molecule has 2 heterocycles. The molecule has 0 saturated carbocycles. The fraction of sp³-hybridized carbons (Fsp3) is 0.474. The van der Waals surface area contributed by atoms with Crippen molar-refractivity contribution in [3.63, 3.8) is 0 Å². The Labute approximate surface area is 157 Å². The molecule has 27 heavy (non-hydrogen) atoms. The molecule has 1 aromatic rings. The van der Waals surface area contributed by atoms with Gasteiger partial charge in [-0.25, -0.2) is 0 Å². The van der Waals surface area contributed by atoms with Crippen molar-refractivity contribution in [2.75, 3.05) is 13.2 Å². The number of likely N-dealkylation sites (tertiary alicyclic amines) is 1. The molecule has 3 amide bonds. The molecule has 1 aromatic carbocycles. The van der Waals surface area contributed by atoms with Crippen molar-refractivity contribution in [1.29, 1.82) is 5.26 Å². The van der Waals surface area contributed by atoms with Gasteiger partial charge >= 0.3 is 0 Å². The van der Waals surface area contributed by atoms with Gasteiger partial charge in [-0.05, 0) is 12.5 Å². The molecule has 8 nitrogen and oxygen atoms in total. The number of amides is 3. The smallest absolute Gasteiger partial charge is 0.248 e. The lowest BCUT2D eigenvalue weighted by atomic mass is 9.75. The van der Waals surface area contributed by atoms with E-state index in [2.05, 4.69) is 17.1 Å². The van der Waals surface area contributed by atoms with E-state index in [-0.39, 0.29) is 24.8 Å². The van der Waals surface area contributed by atoms with Crippen LogP contribution in [-0.4, -0.2) is 46.4 Å². The van der Waals surface area contributed by atoms with E-state index < -0.39 is 22.9 Å². The number of carbonyl (C=O) groups excluding carboxylic acids is 3. The zero-order valence-corrected chi connectivity index (χ0v) is 15.4. The molecule has 1 spiro atoms. The molecule has 0 aliphatic carbocycles. The number of hydrogen-bond donors (Lipinski definition) is 3. The Hall–Kier alpha value is -2.92. The minimum Gasteiger partial charge on any atom is -0.396 e. The summed E-state index contributed by atoms with van der Waals surface area (Å²) in [4.78, 5) is 35.6. The summed E-state index contributed by atoms with van der Waals surface area (Å²) in [5.41, 5.74) is 3.86. The molecule has 4 N–H and O–H groups in total. The number of nitrogens with one attached hydrogen (secondary N) is 1. The first kappa shape index (κ1) is 20.4. The quantitative estimate of drug-likeness (QED) is 0.653. The molecule has 3 atom stereocenters. The van der Waals surface area contributed by atoms with Gasteiger partial charge in [0.05, 0.1) is 30.7 Å². The Morgan fingerprint density at radius 1 is 1.41 bits per heavy atom. The van der Waals surface area contributed by atoms with Crippen LogP contribution in [0.25, 0.3) is 0 Å². The molecule has 8 heteroatoms. The Bertz CT molecular complexity index is 776. The Morgan fingerprint density at radius 3 is 2.37 bits per heavy atom. The maximum absolute atomic E-state index is 12.2. The van der Waals surface area contributed by atoms with Crippen molar-refractivity contribution in [3.05, 3.63) is 35.9 Å². The lowest BCUT2D eigenvalue weighted by Gasteiger charge is -2.45. The summed E-state index contributed by atoms with van der Waals surface area (Å²) in [5, 5.41) is 20.3. The van der Waals surface area contributed by atoms with E-state index in [4.69, 9.17) is 5.11 Å². The standard InChI is InChI=1S/C16H17N3O2.C3H7NO2/c1-11(20)19-13(12-6-4-3-5-7-12)15(2,9-17)8-16(19)10-18-14(16)21;4-3(6)1-2-5/h3-7,13H,8,10H2,1-2H3,(H,18,21);5H,1-2H2,(H2,4,6). The highest BCUT2D eigenvalue weighted by molar-refractivity contribution is 5.97. The number of benzene rings is 1. The summed E-state index contributed by atoms with van der Waals surface area (Å²) in [6, 6.07) is 11.4. The van der Waals surface area contributed by atoms with Crippen LogP contribution < -0.4 is 11.1 Å². The fourth-order valence-corrected chi connectivity index (χ4v) is 3.87. The maximum atomic E-state index is 12.2. The second-order valence-electron chi connectivity index (χ2n) is 7.06. The van der Waals surface area contributed by atoms with E-state index in [0.29, 0.717) is 13.0 Å². The lowest BCUT2D eigenvalue weighted by Crippen LogP contribution is -2.71. The lowest BCUT2D eigenvalue weighted by molar-refractivity contribution is -0.153. The maximum Gasteiger partial charge on any atom is 0.248 e. The number of rotatable bonds is 3. The summed E-state index contributed by atoms with van der Waals surface area (Å²) >= 11 is 0. The van der Waals surface area contributed by atoms with Crippen molar-refractivity contribution >= 4 is 17.7 Å². The average Bonchev–Trinajstić information content (AvgIpc) is 2.94. The molecular formula is C19H24N4O4. The first-order chi connectivity index (χ1) is 12.7. The number of aliphatic hydroxyl groups is 1. The van der Waals surface area contributed by atoms with Gasteiger partial charge in [0.25, 0.3) is 0 Å². The predicted octanol–water partition coefficient (Wildman–Crippen LogP) is 0.232. The number of β-lactam (4-membered cyclic amide) rings is 1. The monoisotopic (exact) mass is 372 g/mol. The van der Waals surface area contributed by atoms with Crippen LogP contribution in [0.1, 0.15) is 38.3 Å². The van der Waals surface area contributed by atoms with Gasteiger partial charge in [0.2, 0.25) is 17.7 Å². The molecule has 0 aromatic heterocycles. The highest BCUT2D eigenvalue weighted by Gasteiger charge is 2.66. The van der Waals surface area contributed by atoms with E-state index in [1.165, 1.54) is 6.92 Å². The molecule has 3 unspecified atom stereocenters. The third kappa shape index (κ3) is 3.64. The number of nitrogens with zero attached hydrogens (tertiary/aromatic N) is 2. The minimum absolute atomic E-state index is 0.0694. The van der Waals surface area contributed by atoms with E-state index in [9.17, 15) is 19.6 Å². The number of carbonyl (C=O) groups is 3. The van der Waals surface area contributed by atoms with Gasteiger partial charge in [-0.1, -0.05) is 30.3 Å². The average molecular weight is 372 g/mol. The molecule has 2 saturated heterocycles. The summed E-state index contributed by atoms with van der Waals surface area (Å²) < 4.78 is 0. The van der Waals surface area contributed by atoms with E-state index in [0.717, 1.165) is 5.56 Å². The van der Waals surface area contributed by atoms with E-state index in [1.54, 1.807) is 4.90 Å². The van der Waals surface area contributed by atoms with Crippen LogP contribution in [0.2, 0.25) is 0 Å². The second kappa shape index (κ2) is 7.76. The van der Waals surface area contributed by atoms with Crippen LogP contribution in [-0.2, 0) is 14.4 Å². The molecule has 0 radical (unpaired) electrons. The summed E-state index contributed by atoms with van der Waals surface area (Å²) in [7, 11) is 0. The van der Waals surface area contributed by atoms with Gasteiger partial charge in [0.15, 0.2) is 0 Å². The minimum atomic E-state index is -0.864. The number of nitrogens with two attached hydrogens (primary N) is 1. The van der Waals surface area contributed by atoms with Crippen molar-refractivity contribution in [2.45, 2.75) is 38.3 Å². The normalized spacial score (nSPS) is 28.4. The van der Waals surface area contributed by atoms with Crippen molar-refractivity contribution in [3.8, 4) is 6.07 Å². The number of aliphatic hydroxyl groups excluding tert-OH is 1. The number of hydrogen-bond acceptors (Lipinski definition) is 5. The van der Waals surface area contributed by atoms with E-state index >= 15 is 0 Å². The topological polar surface area (TPSA) is 137 Å². The van der Waals surface area contributed by atoms with Gasteiger partial charge in [0.1, 0.15) is 5.54 Å². The molecular weight excluding hydrogens is 348 g/mol. The first-order valence-electron chi connectivity index (χ1n) is 8.65. The summed E-state index contributed by atoms with van der Waals surface area (Å²) in [6.45, 7) is 3.58. The summed E-state index contributed by atoms with van der Waals surface area (Å²) in [6.07, 6.45) is 0.446. The molecule has 3 rings (SSSR count). The third-order valence-corrected chi connectivity index (χ3v) is 5.01. The Balaban J connectivity index is 0.000000380. The molecule has 2 fully saturated rings. The number of primary amides is 1. The third-order valence-electron chi connectivity index (χ3n) is 5.01. The van der Waals surface area contributed by atoms with Crippen molar-refractivity contribution < 1.29 is 19.5 Å². The highest BCUT2D eigenvalue weighted by atomic mass is 16.3. The largest absolute Gasteiger partial charge is 0.396 e. The van der Waals surface area contributed by atoms with Crippen LogP contribution in [0.4, 0.5) is 0 Å². The van der Waals surface area contributed by atoms with Crippen LogP contribution >= 0.6 is 0 Å². The van der Waals surface area contributed by atoms with Crippen LogP contribution in [0.15, 0.2) is 30.3 Å². The number of nitriles is 1. The summed E-state index contributed by atoms with van der Waals surface area (Å²) in [5.74, 6) is -0.784. The predicted molar refractivity (Wildman–Crippen MR) is 96.7 cm³/mol. The van der Waals surface area contributed by atoms with Gasteiger partial charge in [-0.15, -0.1) is 0 Å². The second-order valence-corrected chi connectivity index (χ2v) is 7.06. The zero-order chi connectivity index (χ0) is 20.2. The highest BCUT2D eigenvalue weighted by Crippen LogP contribution is 2.55. The SMILES string of the molecule is CC(=O)N1C(c2ccccc2)C(C)(C#N)CC12CNC2=O.NC(=O)CCO. The molecule has 2 aliphatic heterocycles. The Morgan fingerprint density at radius 2 is 2.04 bits per heavy atom. The van der Waals surface area contributed by atoms with Crippen molar-refractivity contribution in [1.82, 2.24) is 10.2 Å². The first-order valence-corrected chi connectivity index (χ1v) is 8.65. The van der Waals surface area contributed by atoms with Crippen molar-refractivity contribution in [2.24, 2.45) is 11.1 Å². The zero-order valence-electron chi connectivity index (χ0n) is 15.4. The van der Waals surface area contributed by atoms with Crippen LogP contribution in [0.3, 0.4) is 0 Å². The molecule has 0 bridgehead atoms. The van der Waals surface area contributed by atoms with Gasteiger partial charge in [-0.3, -0.25) is 14.4 Å².